The average molecular weight is 255 g/mol. The highest BCUT2D eigenvalue weighted by molar-refractivity contribution is 6.35. The SMILES string of the molecule is COc1ccc(-c2cc(N)on2)c(Cl)c1OC. The van der Waals surface area contributed by atoms with Crippen LogP contribution in [0.3, 0.4) is 0 Å². The first-order valence-corrected chi connectivity index (χ1v) is 5.18. The summed E-state index contributed by atoms with van der Waals surface area (Å²) in [4.78, 5) is 0. The second-order valence-electron chi connectivity index (χ2n) is 3.28. The molecule has 0 saturated carbocycles. The molecule has 0 unspecified atom stereocenters. The Hall–Kier alpha value is -1.88. The van der Waals surface area contributed by atoms with Crippen molar-refractivity contribution < 1.29 is 14.0 Å². The average Bonchev–Trinajstić information content (AvgIpc) is 2.75. The fraction of sp³-hybridized carbons (Fsp3) is 0.182. The van der Waals surface area contributed by atoms with Crippen LogP contribution in [0.25, 0.3) is 11.3 Å². The van der Waals surface area contributed by atoms with E-state index in [2.05, 4.69) is 5.16 Å². The van der Waals surface area contributed by atoms with Gasteiger partial charge in [0.25, 0.3) is 0 Å². The van der Waals surface area contributed by atoms with Crippen LogP contribution >= 0.6 is 11.6 Å². The van der Waals surface area contributed by atoms with Crippen LogP contribution < -0.4 is 15.2 Å². The highest BCUT2D eigenvalue weighted by Crippen LogP contribution is 2.41. The number of anilines is 1. The van der Waals surface area contributed by atoms with Gasteiger partial charge in [0.15, 0.2) is 11.5 Å². The molecule has 0 aliphatic carbocycles. The minimum Gasteiger partial charge on any atom is -0.493 e. The Morgan fingerprint density at radius 1 is 1.29 bits per heavy atom. The lowest BCUT2D eigenvalue weighted by Gasteiger charge is -2.11. The molecule has 1 aromatic carbocycles. The first-order chi connectivity index (χ1) is 8.17. The Bertz CT molecular complexity index is 540. The maximum absolute atomic E-state index is 6.21. The largest absolute Gasteiger partial charge is 0.493 e. The van der Waals surface area contributed by atoms with Gasteiger partial charge in [-0.25, -0.2) is 0 Å². The predicted molar refractivity (Wildman–Crippen MR) is 64.5 cm³/mol. The summed E-state index contributed by atoms with van der Waals surface area (Å²) in [7, 11) is 3.06. The predicted octanol–water partition coefficient (Wildman–Crippen LogP) is 2.59. The molecule has 2 rings (SSSR count). The Balaban J connectivity index is 2.56. The number of hydrogen-bond acceptors (Lipinski definition) is 5. The summed E-state index contributed by atoms with van der Waals surface area (Å²) in [6, 6.07) is 5.10. The van der Waals surface area contributed by atoms with Gasteiger partial charge < -0.3 is 19.7 Å². The summed E-state index contributed by atoms with van der Waals surface area (Å²) in [5.41, 5.74) is 6.69. The van der Waals surface area contributed by atoms with Gasteiger partial charge in [-0.15, -0.1) is 0 Å². The zero-order valence-corrected chi connectivity index (χ0v) is 10.1. The molecule has 0 amide bonds. The highest BCUT2D eigenvalue weighted by atomic mass is 35.5. The number of nitrogens with two attached hydrogens (primary N) is 1. The number of hydrogen-bond donors (Lipinski definition) is 1. The molecule has 0 spiro atoms. The number of ether oxygens (including phenoxy) is 2. The molecule has 17 heavy (non-hydrogen) atoms. The van der Waals surface area contributed by atoms with Crippen LogP contribution in [0.5, 0.6) is 11.5 Å². The van der Waals surface area contributed by atoms with Gasteiger partial charge in [0.2, 0.25) is 5.88 Å². The maximum Gasteiger partial charge on any atom is 0.222 e. The zero-order valence-electron chi connectivity index (χ0n) is 9.36. The Morgan fingerprint density at radius 3 is 2.59 bits per heavy atom. The molecule has 2 N–H and O–H groups in total. The van der Waals surface area contributed by atoms with Gasteiger partial charge in [-0.05, 0) is 12.1 Å². The van der Waals surface area contributed by atoms with E-state index in [0.717, 1.165) is 0 Å². The fourth-order valence-electron chi connectivity index (χ4n) is 1.50. The third-order valence-electron chi connectivity index (χ3n) is 2.29. The van der Waals surface area contributed by atoms with Gasteiger partial charge in [0.1, 0.15) is 5.69 Å². The van der Waals surface area contributed by atoms with Crippen LogP contribution in [0.4, 0.5) is 5.88 Å². The normalized spacial score (nSPS) is 10.3. The van der Waals surface area contributed by atoms with Crippen LogP contribution in [0.2, 0.25) is 5.02 Å². The molecular formula is C11H11ClN2O3. The van der Waals surface area contributed by atoms with Gasteiger partial charge in [-0.1, -0.05) is 16.8 Å². The Morgan fingerprint density at radius 2 is 2.06 bits per heavy atom. The summed E-state index contributed by atoms with van der Waals surface area (Å²) in [5.74, 6) is 1.23. The number of nitrogen functional groups attached to an aromatic ring is 1. The third-order valence-corrected chi connectivity index (χ3v) is 2.66. The van der Waals surface area contributed by atoms with Crippen molar-refractivity contribution in [2.24, 2.45) is 0 Å². The number of rotatable bonds is 3. The van der Waals surface area contributed by atoms with E-state index in [1.54, 1.807) is 25.3 Å². The van der Waals surface area contributed by atoms with E-state index in [-0.39, 0.29) is 5.88 Å². The van der Waals surface area contributed by atoms with E-state index in [1.807, 2.05) is 0 Å². The highest BCUT2D eigenvalue weighted by Gasteiger charge is 2.16. The second-order valence-corrected chi connectivity index (χ2v) is 3.66. The maximum atomic E-state index is 6.21. The number of aromatic nitrogens is 1. The van der Waals surface area contributed by atoms with Crippen molar-refractivity contribution >= 4 is 17.5 Å². The van der Waals surface area contributed by atoms with Crippen LogP contribution in [-0.2, 0) is 0 Å². The van der Waals surface area contributed by atoms with E-state index in [9.17, 15) is 0 Å². The van der Waals surface area contributed by atoms with E-state index < -0.39 is 0 Å². The zero-order chi connectivity index (χ0) is 12.4. The van der Waals surface area contributed by atoms with Crippen molar-refractivity contribution in [3.63, 3.8) is 0 Å². The topological polar surface area (TPSA) is 70.5 Å². The third kappa shape index (κ3) is 2.01. The van der Waals surface area contributed by atoms with Crippen molar-refractivity contribution in [3.8, 4) is 22.8 Å². The molecule has 6 heteroatoms. The summed E-state index contributed by atoms with van der Waals surface area (Å²) in [6.45, 7) is 0. The van der Waals surface area contributed by atoms with Crippen molar-refractivity contribution in [1.29, 1.82) is 0 Å². The smallest absolute Gasteiger partial charge is 0.222 e. The first-order valence-electron chi connectivity index (χ1n) is 4.80. The molecule has 1 aromatic heterocycles. The van der Waals surface area contributed by atoms with Crippen LogP contribution in [0.15, 0.2) is 22.7 Å². The van der Waals surface area contributed by atoms with Gasteiger partial charge >= 0.3 is 0 Å². The molecule has 0 bridgehead atoms. The molecule has 0 atom stereocenters. The van der Waals surface area contributed by atoms with E-state index >= 15 is 0 Å². The van der Waals surface area contributed by atoms with Gasteiger partial charge in [-0.3, -0.25) is 0 Å². The molecular weight excluding hydrogens is 244 g/mol. The summed E-state index contributed by atoms with van der Waals surface area (Å²) >= 11 is 6.21. The van der Waals surface area contributed by atoms with Crippen LogP contribution in [0, 0.1) is 0 Å². The number of benzene rings is 1. The van der Waals surface area contributed by atoms with E-state index in [1.165, 1.54) is 7.11 Å². The second kappa shape index (κ2) is 4.55. The number of methoxy groups -OCH3 is 2. The molecule has 0 radical (unpaired) electrons. The number of halogens is 1. The lowest BCUT2D eigenvalue weighted by molar-refractivity contribution is 0.355. The molecule has 1 heterocycles. The molecule has 0 saturated heterocycles. The molecule has 90 valence electrons. The fourth-order valence-corrected chi connectivity index (χ4v) is 1.83. The van der Waals surface area contributed by atoms with E-state index in [4.69, 9.17) is 31.3 Å². The minimum absolute atomic E-state index is 0.228. The quantitative estimate of drug-likeness (QED) is 0.912. The van der Waals surface area contributed by atoms with Gasteiger partial charge in [0, 0.05) is 11.6 Å². The molecule has 0 aliphatic heterocycles. The monoisotopic (exact) mass is 254 g/mol. The van der Waals surface area contributed by atoms with Crippen molar-refractivity contribution in [2.75, 3.05) is 20.0 Å². The molecule has 2 aromatic rings. The van der Waals surface area contributed by atoms with Crippen molar-refractivity contribution in [1.82, 2.24) is 5.16 Å². The van der Waals surface area contributed by atoms with Crippen LogP contribution in [0.1, 0.15) is 0 Å². The van der Waals surface area contributed by atoms with E-state index in [0.29, 0.717) is 27.8 Å². The van der Waals surface area contributed by atoms with Crippen LogP contribution in [-0.4, -0.2) is 19.4 Å². The lowest BCUT2D eigenvalue weighted by Crippen LogP contribution is -1.92. The summed E-state index contributed by atoms with van der Waals surface area (Å²) < 4.78 is 15.1. The molecule has 0 fully saturated rings. The molecule has 0 aliphatic rings. The summed E-state index contributed by atoms with van der Waals surface area (Å²) in [6.07, 6.45) is 0. The lowest BCUT2D eigenvalue weighted by atomic mass is 10.1. The van der Waals surface area contributed by atoms with Gasteiger partial charge in [-0.2, -0.15) is 0 Å². The first kappa shape index (κ1) is 11.6. The van der Waals surface area contributed by atoms with Crippen molar-refractivity contribution in [2.45, 2.75) is 0 Å². The molecule has 5 nitrogen and oxygen atoms in total. The van der Waals surface area contributed by atoms with Crippen molar-refractivity contribution in [3.05, 3.63) is 23.2 Å². The standard InChI is InChI=1S/C11H11ClN2O3/c1-15-8-4-3-6(10(12)11(8)16-2)7-5-9(13)17-14-7/h3-5H,13H2,1-2H3. The Kier molecular flexibility index (Phi) is 3.10. The number of nitrogens with zero attached hydrogens (tertiary/aromatic N) is 1. The Labute approximate surface area is 103 Å². The summed E-state index contributed by atoms with van der Waals surface area (Å²) in [5, 5.41) is 4.20. The van der Waals surface area contributed by atoms with Gasteiger partial charge in [0.05, 0.1) is 19.2 Å². The minimum atomic E-state index is 0.228.